The van der Waals surface area contributed by atoms with E-state index in [1.54, 1.807) is 17.3 Å². The summed E-state index contributed by atoms with van der Waals surface area (Å²) in [4.78, 5) is 32.7. The number of carbonyl (C=O) groups is 2. The first-order valence-corrected chi connectivity index (χ1v) is 8.73. The molecular weight excluding hydrogens is 309 g/mol. The highest BCUT2D eigenvalue weighted by molar-refractivity contribution is 5.88. The summed E-state index contributed by atoms with van der Waals surface area (Å²) in [5, 5.41) is 0. The summed E-state index contributed by atoms with van der Waals surface area (Å²) in [6.45, 7) is 2.15. The molecule has 0 N–H and O–H groups in total. The molecule has 0 spiro atoms. The number of alkyl halides is 1. The van der Waals surface area contributed by atoms with Gasteiger partial charge in [0.1, 0.15) is 0 Å². The lowest BCUT2D eigenvalue weighted by Gasteiger charge is -2.35. The van der Waals surface area contributed by atoms with Gasteiger partial charge in [0.2, 0.25) is 5.91 Å². The summed E-state index contributed by atoms with van der Waals surface area (Å²) in [5.41, 5.74) is -0.654. The standard InChI is InChI=1S/C18H22FN3O2/c19-18(5-2-6-18)17(24)22-11-14-4-8-21(16(23)15(14)12-22)10-13-3-1-7-20-9-13/h1,3,7,9,14-15H,2,4-6,8,10-12H2/t14-,15-/m0/s1. The Hall–Kier alpha value is -1.98. The number of halogens is 1. The second-order valence-corrected chi connectivity index (χ2v) is 7.31. The highest BCUT2D eigenvalue weighted by atomic mass is 19.1. The fraction of sp³-hybridized carbons (Fsp3) is 0.611. The first-order valence-electron chi connectivity index (χ1n) is 8.73. The van der Waals surface area contributed by atoms with Crippen LogP contribution in [0.2, 0.25) is 0 Å². The van der Waals surface area contributed by atoms with E-state index in [0.717, 1.165) is 18.4 Å². The van der Waals surface area contributed by atoms with E-state index in [0.29, 0.717) is 39.0 Å². The lowest BCUT2D eigenvalue weighted by Crippen LogP contribution is -2.49. The van der Waals surface area contributed by atoms with Crippen molar-refractivity contribution >= 4 is 11.8 Å². The van der Waals surface area contributed by atoms with Crippen molar-refractivity contribution in [2.24, 2.45) is 11.8 Å². The van der Waals surface area contributed by atoms with Gasteiger partial charge in [-0.25, -0.2) is 4.39 Å². The summed E-state index contributed by atoms with van der Waals surface area (Å²) in [6.07, 6.45) is 5.80. The van der Waals surface area contributed by atoms with Crippen LogP contribution in [0.25, 0.3) is 0 Å². The van der Waals surface area contributed by atoms with Crippen LogP contribution in [0, 0.1) is 11.8 Å². The van der Waals surface area contributed by atoms with E-state index in [2.05, 4.69) is 4.98 Å². The van der Waals surface area contributed by atoms with Crippen LogP contribution in [-0.2, 0) is 16.1 Å². The largest absolute Gasteiger partial charge is 0.339 e. The zero-order valence-corrected chi connectivity index (χ0v) is 13.7. The summed E-state index contributed by atoms with van der Waals surface area (Å²) in [6, 6.07) is 3.82. The van der Waals surface area contributed by atoms with Crippen LogP contribution in [0.4, 0.5) is 4.39 Å². The Balaban J connectivity index is 1.43. The molecule has 3 heterocycles. The molecule has 3 aliphatic rings. The van der Waals surface area contributed by atoms with Crippen molar-refractivity contribution in [2.75, 3.05) is 19.6 Å². The van der Waals surface area contributed by atoms with Gasteiger partial charge in [0.05, 0.1) is 5.92 Å². The third-order valence-electron chi connectivity index (χ3n) is 5.75. The van der Waals surface area contributed by atoms with Crippen molar-refractivity contribution in [3.8, 4) is 0 Å². The molecule has 0 radical (unpaired) electrons. The molecule has 0 aromatic carbocycles. The zero-order chi connectivity index (χ0) is 16.7. The highest BCUT2D eigenvalue weighted by Gasteiger charge is 2.51. The van der Waals surface area contributed by atoms with Crippen molar-refractivity contribution < 1.29 is 14.0 Å². The van der Waals surface area contributed by atoms with Crippen LogP contribution >= 0.6 is 0 Å². The molecule has 2 aliphatic heterocycles. The molecule has 128 valence electrons. The number of fused-ring (bicyclic) bond motifs is 1. The molecule has 0 unspecified atom stereocenters. The summed E-state index contributed by atoms with van der Waals surface area (Å²) in [7, 11) is 0. The van der Waals surface area contributed by atoms with Crippen LogP contribution in [-0.4, -0.2) is 51.9 Å². The highest BCUT2D eigenvalue weighted by Crippen LogP contribution is 2.40. The van der Waals surface area contributed by atoms with Gasteiger partial charge in [-0.2, -0.15) is 0 Å². The first-order chi connectivity index (χ1) is 11.6. The molecule has 5 nitrogen and oxygen atoms in total. The Labute approximate surface area is 140 Å². The lowest BCUT2D eigenvalue weighted by molar-refractivity contribution is -0.149. The Morgan fingerprint density at radius 1 is 1.38 bits per heavy atom. The molecule has 24 heavy (non-hydrogen) atoms. The Kier molecular flexibility index (Phi) is 3.77. The predicted molar refractivity (Wildman–Crippen MR) is 85.5 cm³/mol. The number of hydrogen-bond donors (Lipinski definition) is 0. The van der Waals surface area contributed by atoms with Gasteiger partial charge in [0.15, 0.2) is 5.67 Å². The normalized spacial score (nSPS) is 28.5. The lowest BCUT2D eigenvalue weighted by atomic mass is 9.81. The molecule has 1 saturated carbocycles. The van der Waals surface area contributed by atoms with Gasteiger partial charge in [-0.15, -0.1) is 0 Å². The molecule has 1 aromatic rings. The second kappa shape index (κ2) is 5.83. The predicted octanol–water partition coefficient (Wildman–Crippen LogP) is 1.78. The number of aromatic nitrogens is 1. The van der Waals surface area contributed by atoms with Gasteiger partial charge >= 0.3 is 0 Å². The second-order valence-electron chi connectivity index (χ2n) is 7.31. The van der Waals surface area contributed by atoms with Gasteiger partial charge in [-0.3, -0.25) is 14.6 Å². The van der Waals surface area contributed by atoms with Crippen molar-refractivity contribution in [3.63, 3.8) is 0 Å². The van der Waals surface area contributed by atoms with Gasteiger partial charge in [0.25, 0.3) is 5.91 Å². The smallest absolute Gasteiger partial charge is 0.260 e. The van der Waals surface area contributed by atoms with E-state index in [9.17, 15) is 14.0 Å². The van der Waals surface area contributed by atoms with E-state index in [1.807, 2.05) is 17.0 Å². The number of nitrogens with zero attached hydrogens (tertiary/aromatic N) is 3. The molecule has 4 rings (SSSR count). The average molecular weight is 331 g/mol. The number of amides is 2. The van der Waals surface area contributed by atoms with E-state index >= 15 is 0 Å². The molecule has 3 fully saturated rings. The van der Waals surface area contributed by atoms with Gasteiger partial charge in [0, 0.05) is 38.6 Å². The number of likely N-dealkylation sites (tertiary alicyclic amines) is 2. The van der Waals surface area contributed by atoms with Gasteiger partial charge in [-0.05, 0) is 43.2 Å². The summed E-state index contributed by atoms with van der Waals surface area (Å²) >= 11 is 0. The SMILES string of the molecule is O=C1[C@H]2CN(C(=O)C3(F)CCC3)C[C@@H]2CCN1Cc1cccnc1. The molecule has 2 atom stereocenters. The number of rotatable bonds is 3. The van der Waals surface area contributed by atoms with Crippen LogP contribution in [0.5, 0.6) is 0 Å². The Bertz CT molecular complexity index is 647. The monoisotopic (exact) mass is 331 g/mol. The van der Waals surface area contributed by atoms with E-state index in [4.69, 9.17) is 0 Å². The molecule has 1 aromatic heterocycles. The fourth-order valence-corrected chi connectivity index (χ4v) is 4.13. The topological polar surface area (TPSA) is 53.5 Å². The zero-order valence-electron chi connectivity index (χ0n) is 13.7. The van der Waals surface area contributed by atoms with Crippen LogP contribution < -0.4 is 0 Å². The number of carbonyl (C=O) groups excluding carboxylic acids is 2. The maximum Gasteiger partial charge on any atom is 0.260 e. The van der Waals surface area contributed by atoms with Gasteiger partial charge in [-0.1, -0.05) is 6.07 Å². The molecular formula is C18H22FN3O2. The number of hydrogen-bond acceptors (Lipinski definition) is 3. The fourth-order valence-electron chi connectivity index (χ4n) is 4.13. The minimum Gasteiger partial charge on any atom is -0.339 e. The minimum absolute atomic E-state index is 0.0897. The molecule has 2 saturated heterocycles. The Morgan fingerprint density at radius 2 is 2.21 bits per heavy atom. The molecule has 0 bridgehead atoms. The summed E-state index contributed by atoms with van der Waals surface area (Å²) in [5.74, 6) is -0.306. The quantitative estimate of drug-likeness (QED) is 0.848. The van der Waals surface area contributed by atoms with E-state index in [1.165, 1.54) is 0 Å². The molecule has 2 amide bonds. The summed E-state index contributed by atoms with van der Waals surface area (Å²) < 4.78 is 14.4. The van der Waals surface area contributed by atoms with Crippen LogP contribution in [0.1, 0.15) is 31.2 Å². The maximum absolute atomic E-state index is 14.4. The van der Waals surface area contributed by atoms with Crippen molar-refractivity contribution in [1.82, 2.24) is 14.8 Å². The van der Waals surface area contributed by atoms with Crippen molar-refractivity contribution in [1.29, 1.82) is 0 Å². The number of piperidine rings is 1. The average Bonchev–Trinajstić information content (AvgIpc) is 3.00. The van der Waals surface area contributed by atoms with Gasteiger partial charge < -0.3 is 9.80 Å². The van der Waals surface area contributed by atoms with Crippen LogP contribution in [0.15, 0.2) is 24.5 Å². The van der Waals surface area contributed by atoms with E-state index < -0.39 is 11.6 Å². The van der Waals surface area contributed by atoms with Crippen molar-refractivity contribution in [2.45, 2.75) is 37.9 Å². The first kappa shape index (κ1) is 15.5. The number of pyridine rings is 1. The van der Waals surface area contributed by atoms with Crippen LogP contribution in [0.3, 0.4) is 0 Å². The minimum atomic E-state index is -1.66. The Morgan fingerprint density at radius 3 is 2.88 bits per heavy atom. The maximum atomic E-state index is 14.4. The molecule has 6 heteroatoms. The van der Waals surface area contributed by atoms with Crippen molar-refractivity contribution in [3.05, 3.63) is 30.1 Å². The van der Waals surface area contributed by atoms with E-state index in [-0.39, 0.29) is 17.7 Å². The third kappa shape index (κ3) is 2.58. The third-order valence-corrected chi connectivity index (χ3v) is 5.75. The molecule has 1 aliphatic carbocycles.